The third-order valence-corrected chi connectivity index (χ3v) is 6.53. The smallest absolute Gasteiger partial charge is 0.282 e. The van der Waals surface area contributed by atoms with Gasteiger partial charge in [-0.25, -0.2) is 4.39 Å². The number of carbonyl (C=O) groups is 1. The van der Waals surface area contributed by atoms with E-state index < -0.39 is 16.3 Å². The molecule has 8 heteroatoms. The number of hydrogen-bond donors (Lipinski definition) is 1. The third kappa shape index (κ3) is 4.18. The average Bonchev–Trinajstić information content (AvgIpc) is 3.13. The molecule has 1 amide bonds. The molecule has 1 aliphatic heterocycles. The maximum atomic E-state index is 13.4. The van der Waals surface area contributed by atoms with Crippen molar-refractivity contribution in [2.75, 3.05) is 26.0 Å². The van der Waals surface area contributed by atoms with Crippen molar-refractivity contribution in [1.82, 2.24) is 8.61 Å². The van der Waals surface area contributed by atoms with Crippen LogP contribution in [0, 0.1) is 5.82 Å². The highest BCUT2D eigenvalue weighted by molar-refractivity contribution is 7.86. The van der Waals surface area contributed by atoms with Gasteiger partial charge in [-0.15, -0.1) is 0 Å². The summed E-state index contributed by atoms with van der Waals surface area (Å²) in [7, 11) is -0.735. The topological polar surface area (TPSA) is 69.7 Å². The van der Waals surface area contributed by atoms with Gasteiger partial charge in [0.1, 0.15) is 11.9 Å². The molecule has 1 saturated heterocycles. The van der Waals surface area contributed by atoms with Crippen LogP contribution in [0.4, 0.5) is 10.1 Å². The van der Waals surface area contributed by atoms with Crippen molar-refractivity contribution in [3.05, 3.63) is 54.3 Å². The summed E-state index contributed by atoms with van der Waals surface area (Å²) < 4.78 is 40.4. The highest BCUT2D eigenvalue weighted by Gasteiger charge is 2.39. The van der Waals surface area contributed by atoms with Gasteiger partial charge in [0, 0.05) is 26.3 Å². The van der Waals surface area contributed by atoms with Crippen molar-refractivity contribution in [2.45, 2.75) is 18.9 Å². The Kier molecular flexibility index (Phi) is 5.59. The van der Waals surface area contributed by atoms with Crippen molar-refractivity contribution in [3.8, 4) is 11.1 Å². The molecule has 2 aromatic carbocycles. The fraction of sp³-hybridized carbons (Fsp3) is 0.316. The molecular formula is C19H22FN3O3S. The lowest BCUT2D eigenvalue weighted by molar-refractivity contribution is -0.119. The zero-order valence-electron chi connectivity index (χ0n) is 15.2. The summed E-state index contributed by atoms with van der Waals surface area (Å²) in [5, 5.41) is 2.78. The van der Waals surface area contributed by atoms with E-state index in [2.05, 4.69) is 5.32 Å². The van der Waals surface area contributed by atoms with Gasteiger partial charge in [0.25, 0.3) is 10.2 Å². The number of nitrogens with zero attached hydrogens (tertiary/aromatic N) is 2. The molecule has 1 fully saturated rings. The predicted molar refractivity (Wildman–Crippen MR) is 103 cm³/mol. The molecule has 0 bridgehead atoms. The molecule has 144 valence electrons. The fourth-order valence-corrected chi connectivity index (χ4v) is 4.43. The number of anilines is 1. The first-order chi connectivity index (χ1) is 12.8. The molecule has 1 N–H and O–H groups in total. The van der Waals surface area contributed by atoms with Crippen LogP contribution in [0.5, 0.6) is 0 Å². The van der Waals surface area contributed by atoms with Crippen molar-refractivity contribution in [3.63, 3.8) is 0 Å². The summed E-state index contributed by atoms with van der Waals surface area (Å²) in [6, 6.07) is 12.6. The number of benzene rings is 2. The normalized spacial score (nSPS) is 18.0. The molecule has 0 aliphatic carbocycles. The summed E-state index contributed by atoms with van der Waals surface area (Å²) in [4.78, 5) is 12.6. The van der Waals surface area contributed by atoms with E-state index in [1.165, 1.54) is 30.5 Å². The van der Waals surface area contributed by atoms with Crippen LogP contribution in [0.2, 0.25) is 0 Å². The maximum absolute atomic E-state index is 13.4. The van der Waals surface area contributed by atoms with Gasteiger partial charge in [0.15, 0.2) is 0 Å². The molecule has 1 atom stereocenters. The Morgan fingerprint density at radius 2 is 1.85 bits per heavy atom. The quantitative estimate of drug-likeness (QED) is 0.852. The number of rotatable bonds is 5. The van der Waals surface area contributed by atoms with Crippen LogP contribution >= 0.6 is 0 Å². The van der Waals surface area contributed by atoms with E-state index in [1.807, 2.05) is 0 Å². The molecule has 27 heavy (non-hydrogen) atoms. The lowest BCUT2D eigenvalue weighted by Gasteiger charge is -2.26. The van der Waals surface area contributed by atoms with E-state index >= 15 is 0 Å². The van der Waals surface area contributed by atoms with E-state index in [-0.39, 0.29) is 11.7 Å². The van der Waals surface area contributed by atoms with Gasteiger partial charge in [0.05, 0.1) is 0 Å². The van der Waals surface area contributed by atoms with E-state index in [4.69, 9.17) is 0 Å². The molecule has 1 heterocycles. The molecule has 3 rings (SSSR count). The SMILES string of the molecule is CN(C)S(=O)(=O)N1CCC[C@@H]1C(=O)Nc1ccc(-c2cccc(F)c2)cc1. The summed E-state index contributed by atoms with van der Waals surface area (Å²) >= 11 is 0. The summed E-state index contributed by atoms with van der Waals surface area (Å²) in [5.41, 5.74) is 2.13. The number of hydrogen-bond acceptors (Lipinski definition) is 3. The summed E-state index contributed by atoms with van der Waals surface area (Å²) in [6.07, 6.45) is 1.13. The largest absolute Gasteiger partial charge is 0.325 e. The Morgan fingerprint density at radius 1 is 1.15 bits per heavy atom. The van der Waals surface area contributed by atoms with Crippen LogP contribution in [0.3, 0.4) is 0 Å². The molecule has 1 aliphatic rings. The minimum atomic E-state index is -3.64. The van der Waals surface area contributed by atoms with Crippen molar-refractivity contribution in [1.29, 1.82) is 0 Å². The van der Waals surface area contributed by atoms with E-state index in [9.17, 15) is 17.6 Å². The van der Waals surface area contributed by atoms with Crippen LogP contribution in [0.25, 0.3) is 11.1 Å². The van der Waals surface area contributed by atoms with Gasteiger partial charge in [-0.1, -0.05) is 24.3 Å². The Balaban J connectivity index is 1.72. The lowest BCUT2D eigenvalue weighted by atomic mass is 10.1. The number of amides is 1. The van der Waals surface area contributed by atoms with Gasteiger partial charge >= 0.3 is 0 Å². The van der Waals surface area contributed by atoms with E-state index in [0.29, 0.717) is 25.1 Å². The van der Waals surface area contributed by atoms with Crippen molar-refractivity contribution >= 4 is 21.8 Å². The Bertz CT molecular complexity index is 929. The molecule has 2 aromatic rings. The van der Waals surface area contributed by atoms with Gasteiger partial charge in [-0.3, -0.25) is 4.79 Å². The summed E-state index contributed by atoms with van der Waals surface area (Å²) in [5.74, 6) is -0.662. The number of carbonyl (C=O) groups excluding carboxylic acids is 1. The second-order valence-electron chi connectivity index (χ2n) is 6.64. The first-order valence-electron chi connectivity index (χ1n) is 8.65. The molecule has 0 aromatic heterocycles. The zero-order valence-corrected chi connectivity index (χ0v) is 16.0. The molecule has 0 saturated carbocycles. The minimum absolute atomic E-state index is 0.312. The van der Waals surface area contributed by atoms with Gasteiger partial charge in [0.2, 0.25) is 5.91 Å². The highest BCUT2D eigenvalue weighted by atomic mass is 32.2. The monoisotopic (exact) mass is 391 g/mol. The Labute approximate surface area is 158 Å². The standard InChI is InChI=1S/C19H22FN3O3S/c1-22(2)27(25,26)23-12-4-7-18(23)19(24)21-17-10-8-14(9-11-17)15-5-3-6-16(20)13-15/h3,5-6,8-11,13,18H,4,7,12H2,1-2H3,(H,21,24)/t18-/m1/s1. The predicted octanol–water partition coefficient (Wildman–Crippen LogP) is 2.70. The Hall–Kier alpha value is -2.29. The van der Waals surface area contributed by atoms with Crippen LogP contribution in [-0.4, -0.2) is 49.6 Å². The maximum Gasteiger partial charge on any atom is 0.282 e. The van der Waals surface area contributed by atoms with Crippen LogP contribution in [0.1, 0.15) is 12.8 Å². The van der Waals surface area contributed by atoms with Crippen molar-refractivity contribution in [2.24, 2.45) is 0 Å². The van der Waals surface area contributed by atoms with Gasteiger partial charge in [-0.2, -0.15) is 17.0 Å². The number of nitrogens with one attached hydrogen (secondary N) is 1. The molecule has 6 nitrogen and oxygen atoms in total. The van der Waals surface area contributed by atoms with Crippen LogP contribution < -0.4 is 5.32 Å². The van der Waals surface area contributed by atoms with Crippen LogP contribution in [0.15, 0.2) is 48.5 Å². The Morgan fingerprint density at radius 3 is 2.48 bits per heavy atom. The number of halogens is 1. The second-order valence-corrected chi connectivity index (χ2v) is 8.73. The first kappa shape index (κ1) is 19.5. The zero-order chi connectivity index (χ0) is 19.6. The summed E-state index contributed by atoms with van der Waals surface area (Å²) in [6.45, 7) is 0.330. The minimum Gasteiger partial charge on any atom is -0.325 e. The fourth-order valence-electron chi connectivity index (χ4n) is 3.13. The molecule has 0 spiro atoms. The first-order valence-corrected chi connectivity index (χ1v) is 10.0. The molecule has 0 unspecified atom stereocenters. The van der Waals surface area contributed by atoms with E-state index in [0.717, 1.165) is 15.4 Å². The van der Waals surface area contributed by atoms with Crippen molar-refractivity contribution < 1.29 is 17.6 Å². The highest BCUT2D eigenvalue weighted by Crippen LogP contribution is 2.25. The molecular weight excluding hydrogens is 369 g/mol. The third-order valence-electron chi connectivity index (χ3n) is 4.57. The molecule has 0 radical (unpaired) electrons. The lowest BCUT2D eigenvalue weighted by Crippen LogP contribution is -2.47. The second kappa shape index (κ2) is 7.75. The van der Waals surface area contributed by atoms with Gasteiger partial charge < -0.3 is 5.32 Å². The average molecular weight is 391 g/mol. The van der Waals surface area contributed by atoms with E-state index in [1.54, 1.807) is 36.4 Å². The van der Waals surface area contributed by atoms with Gasteiger partial charge in [-0.05, 0) is 48.2 Å². The van der Waals surface area contributed by atoms with Crippen LogP contribution in [-0.2, 0) is 15.0 Å².